The van der Waals surface area contributed by atoms with Crippen LogP contribution in [0.5, 0.6) is 0 Å². The summed E-state index contributed by atoms with van der Waals surface area (Å²) >= 11 is 5.72. The van der Waals surface area contributed by atoms with E-state index in [9.17, 15) is 14.4 Å². The van der Waals surface area contributed by atoms with Crippen LogP contribution in [0.15, 0.2) is 67.4 Å². The lowest BCUT2D eigenvalue weighted by molar-refractivity contribution is -0.122. The van der Waals surface area contributed by atoms with Crippen molar-refractivity contribution in [3.8, 4) is 0 Å². The molecule has 0 unspecified atom stereocenters. The minimum absolute atomic E-state index is 0.191. The largest absolute Gasteiger partial charge is 0.465 e. The van der Waals surface area contributed by atoms with E-state index in [-0.39, 0.29) is 22.6 Å². The third kappa shape index (κ3) is 3.13. The average molecular weight is 489 g/mol. The molecule has 9 heteroatoms. The topological polar surface area (TPSA) is 83.4 Å². The number of hydrogen-bond donors (Lipinski definition) is 1. The first-order valence-corrected chi connectivity index (χ1v) is 11.3. The summed E-state index contributed by atoms with van der Waals surface area (Å²) in [5.74, 6) is -0.842. The number of benzene rings is 1. The molecule has 1 fully saturated rings. The number of carbonyl (C=O) groups is 2. The van der Waals surface area contributed by atoms with Gasteiger partial charge in [0.25, 0.3) is 0 Å². The lowest BCUT2D eigenvalue weighted by Gasteiger charge is -2.27. The summed E-state index contributed by atoms with van der Waals surface area (Å²) in [5.41, 5.74) is 0.545. The van der Waals surface area contributed by atoms with Crippen LogP contribution in [0.25, 0.3) is 6.08 Å². The summed E-state index contributed by atoms with van der Waals surface area (Å²) < 4.78 is 6.22. The zero-order valence-corrected chi connectivity index (χ0v) is 17.9. The van der Waals surface area contributed by atoms with Crippen LogP contribution >= 0.6 is 39.0 Å². The van der Waals surface area contributed by atoms with E-state index in [2.05, 4.69) is 20.9 Å². The molecule has 5 rings (SSSR count). The number of thioether (sulfide) groups is 1. The van der Waals surface area contributed by atoms with Gasteiger partial charge in [-0.2, -0.15) is 0 Å². The molecule has 3 atom stereocenters. The van der Waals surface area contributed by atoms with Gasteiger partial charge in [0.2, 0.25) is 11.8 Å². The fourth-order valence-corrected chi connectivity index (χ4v) is 6.45. The highest BCUT2D eigenvalue weighted by atomic mass is 79.9. The quantitative estimate of drug-likeness (QED) is 0.557. The summed E-state index contributed by atoms with van der Waals surface area (Å²) in [6, 6.07) is 10.7. The number of imide groups is 1. The second kappa shape index (κ2) is 7.16. The summed E-state index contributed by atoms with van der Waals surface area (Å²) in [5, 5.41) is 0.0734. The van der Waals surface area contributed by atoms with Crippen molar-refractivity contribution in [2.24, 2.45) is 5.92 Å². The van der Waals surface area contributed by atoms with Crippen LogP contribution in [-0.2, 0) is 9.59 Å². The van der Waals surface area contributed by atoms with Crippen LogP contribution in [0, 0.1) is 5.92 Å². The summed E-state index contributed by atoms with van der Waals surface area (Å²) in [6.45, 7) is 0. The van der Waals surface area contributed by atoms with Crippen LogP contribution in [0.1, 0.15) is 16.6 Å². The van der Waals surface area contributed by atoms with Crippen molar-refractivity contribution >= 4 is 62.6 Å². The molecule has 1 N–H and O–H groups in total. The fourth-order valence-electron chi connectivity index (χ4n) is 3.69. The van der Waals surface area contributed by atoms with E-state index >= 15 is 0 Å². The minimum Gasteiger partial charge on any atom is -0.465 e. The third-order valence-electron chi connectivity index (χ3n) is 4.97. The lowest BCUT2D eigenvalue weighted by atomic mass is 9.88. The predicted molar refractivity (Wildman–Crippen MR) is 115 cm³/mol. The molecular formula is C20H13BrN2O4S2. The Hall–Kier alpha value is -2.36. The molecule has 0 saturated carbocycles. The van der Waals surface area contributed by atoms with Crippen molar-refractivity contribution < 1.29 is 14.0 Å². The van der Waals surface area contributed by atoms with E-state index in [1.54, 1.807) is 42.7 Å². The van der Waals surface area contributed by atoms with Crippen LogP contribution in [-0.4, -0.2) is 22.0 Å². The Kier molecular flexibility index (Phi) is 4.60. The molecular weight excluding hydrogens is 476 g/mol. The fraction of sp³-hybridized carbons (Fsp3) is 0.150. The molecule has 146 valence electrons. The maximum absolute atomic E-state index is 13.4. The number of carbonyl (C=O) groups excluding carboxylic acids is 2. The molecule has 6 nitrogen and oxygen atoms in total. The number of hydrogen-bond acceptors (Lipinski definition) is 6. The number of nitrogens with one attached hydrogen (secondary N) is 1. The molecule has 2 aliphatic rings. The minimum atomic E-state index is -0.588. The van der Waals surface area contributed by atoms with Gasteiger partial charge in [0.15, 0.2) is 0 Å². The SMILES string of the molecule is O=C1[C@H]2[C@H](/C=C/c3ccco3)c3sc(=O)[nH]c3S[C@H]2C(=O)N1c1ccc(Br)cc1. The molecule has 4 heterocycles. The first kappa shape index (κ1) is 18.7. The van der Waals surface area contributed by atoms with E-state index in [0.29, 0.717) is 16.5 Å². The molecule has 0 bridgehead atoms. The van der Waals surface area contributed by atoms with Crippen molar-refractivity contribution in [1.29, 1.82) is 0 Å². The molecule has 0 radical (unpaired) electrons. The van der Waals surface area contributed by atoms with E-state index in [1.165, 1.54) is 16.7 Å². The van der Waals surface area contributed by atoms with Gasteiger partial charge in [-0.3, -0.25) is 14.4 Å². The average Bonchev–Trinajstić information content (AvgIpc) is 3.40. The van der Waals surface area contributed by atoms with Crippen molar-refractivity contribution in [1.82, 2.24) is 4.98 Å². The number of furan rings is 1. The molecule has 2 amide bonds. The number of aromatic amines is 1. The number of aromatic nitrogens is 1. The van der Waals surface area contributed by atoms with Gasteiger partial charge < -0.3 is 9.40 Å². The van der Waals surface area contributed by atoms with Gasteiger partial charge in [0.05, 0.1) is 22.9 Å². The Morgan fingerprint density at radius 2 is 1.90 bits per heavy atom. The molecule has 0 aliphatic carbocycles. The second-order valence-corrected chi connectivity index (χ2v) is 9.74. The van der Waals surface area contributed by atoms with Gasteiger partial charge in [-0.15, -0.1) is 0 Å². The predicted octanol–water partition coefficient (Wildman–Crippen LogP) is 4.25. The van der Waals surface area contributed by atoms with Gasteiger partial charge in [0, 0.05) is 15.3 Å². The lowest BCUT2D eigenvalue weighted by Crippen LogP contribution is -2.31. The Balaban J connectivity index is 1.58. The summed E-state index contributed by atoms with van der Waals surface area (Å²) in [4.78, 5) is 43.2. The summed E-state index contributed by atoms with van der Waals surface area (Å²) in [7, 11) is 0. The number of thiazole rings is 1. The number of anilines is 1. The van der Waals surface area contributed by atoms with Crippen LogP contribution in [0.3, 0.4) is 0 Å². The molecule has 0 spiro atoms. The normalized spacial score (nSPS) is 23.6. The van der Waals surface area contributed by atoms with Gasteiger partial charge in [-0.25, -0.2) is 4.90 Å². The van der Waals surface area contributed by atoms with Crippen LogP contribution in [0.4, 0.5) is 5.69 Å². The standard InChI is InChI=1S/C20H13BrN2O4S2/c21-10-3-5-11(6-4-10)23-18(24)14-13(8-7-12-2-1-9-27-12)15-17(22-20(26)29-15)28-16(14)19(23)25/h1-9,13-14,16H,(H,22,26)/b8-7+/t13-,14-,16+/m0/s1. The van der Waals surface area contributed by atoms with E-state index in [1.807, 2.05) is 12.1 Å². The maximum Gasteiger partial charge on any atom is 0.305 e. The maximum atomic E-state index is 13.4. The Labute approximate surface area is 181 Å². The smallest absolute Gasteiger partial charge is 0.305 e. The van der Waals surface area contributed by atoms with Gasteiger partial charge in [0.1, 0.15) is 11.0 Å². The highest BCUT2D eigenvalue weighted by molar-refractivity contribution is 9.10. The molecule has 1 saturated heterocycles. The van der Waals surface area contributed by atoms with Crippen molar-refractivity contribution in [2.45, 2.75) is 16.2 Å². The van der Waals surface area contributed by atoms with Crippen LogP contribution < -0.4 is 9.77 Å². The Bertz CT molecular complexity index is 1180. The first-order valence-electron chi connectivity index (χ1n) is 8.77. The van der Waals surface area contributed by atoms with Crippen molar-refractivity contribution in [2.75, 3.05) is 4.90 Å². The molecule has 2 aromatic heterocycles. The number of rotatable bonds is 3. The van der Waals surface area contributed by atoms with Gasteiger partial charge in [-0.1, -0.05) is 45.1 Å². The number of H-pyrrole nitrogens is 1. The monoisotopic (exact) mass is 488 g/mol. The number of nitrogens with zero attached hydrogens (tertiary/aromatic N) is 1. The first-order chi connectivity index (χ1) is 14.0. The van der Waals surface area contributed by atoms with E-state index in [4.69, 9.17) is 4.42 Å². The number of allylic oxidation sites excluding steroid dienone is 1. The van der Waals surface area contributed by atoms with E-state index in [0.717, 1.165) is 20.7 Å². The van der Waals surface area contributed by atoms with Crippen molar-refractivity contribution in [3.63, 3.8) is 0 Å². The van der Waals surface area contributed by atoms with Crippen LogP contribution in [0.2, 0.25) is 0 Å². The zero-order valence-electron chi connectivity index (χ0n) is 14.7. The van der Waals surface area contributed by atoms with Gasteiger partial charge >= 0.3 is 4.87 Å². The third-order valence-corrected chi connectivity index (χ3v) is 7.92. The second-order valence-electron chi connectivity index (χ2n) is 6.66. The molecule has 3 aromatic rings. The highest BCUT2D eigenvalue weighted by Gasteiger charge is 2.55. The number of halogens is 1. The Morgan fingerprint density at radius 3 is 2.62 bits per heavy atom. The number of amides is 2. The zero-order chi connectivity index (χ0) is 20.1. The number of fused-ring (bicyclic) bond motifs is 2. The molecule has 1 aromatic carbocycles. The summed E-state index contributed by atoms with van der Waals surface area (Å²) in [6.07, 6.45) is 5.21. The van der Waals surface area contributed by atoms with E-state index < -0.39 is 11.2 Å². The highest BCUT2D eigenvalue weighted by Crippen LogP contribution is 2.51. The molecule has 29 heavy (non-hydrogen) atoms. The van der Waals surface area contributed by atoms with Gasteiger partial charge in [-0.05, 0) is 42.5 Å². The Morgan fingerprint density at radius 1 is 1.10 bits per heavy atom. The van der Waals surface area contributed by atoms with Crippen molar-refractivity contribution in [3.05, 3.63) is 73.5 Å². The molecule has 2 aliphatic heterocycles.